The van der Waals surface area contributed by atoms with Gasteiger partial charge in [0.2, 0.25) is 0 Å². The average molecular weight is 358 g/mol. The number of nitrogens with zero attached hydrogens (tertiary/aromatic N) is 7. The third-order valence-electron chi connectivity index (χ3n) is 5.10. The Labute approximate surface area is 148 Å². The van der Waals surface area contributed by atoms with Gasteiger partial charge in [-0.2, -0.15) is 10.2 Å². The van der Waals surface area contributed by atoms with Crippen molar-refractivity contribution < 1.29 is 0 Å². The van der Waals surface area contributed by atoms with Crippen molar-refractivity contribution in [3.8, 4) is 0 Å². The zero-order chi connectivity index (χ0) is 17.1. The molecule has 0 spiro atoms. The quantitative estimate of drug-likeness (QED) is 0.680. The highest BCUT2D eigenvalue weighted by molar-refractivity contribution is 6.33. The molecule has 3 aromatic heterocycles. The van der Waals surface area contributed by atoms with E-state index in [9.17, 15) is 4.79 Å². The van der Waals surface area contributed by atoms with Crippen LogP contribution in [0.1, 0.15) is 6.42 Å². The summed E-state index contributed by atoms with van der Waals surface area (Å²) >= 11 is 6.25. The summed E-state index contributed by atoms with van der Waals surface area (Å²) in [5, 5.41) is 8.53. The molecule has 2 unspecified atom stereocenters. The molecule has 2 atom stereocenters. The molecule has 0 saturated carbocycles. The first kappa shape index (κ1) is 14.7. The van der Waals surface area contributed by atoms with Crippen molar-refractivity contribution in [1.29, 1.82) is 0 Å². The molecule has 3 fully saturated rings. The van der Waals surface area contributed by atoms with Gasteiger partial charge in [0.15, 0.2) is 5.65 Å². The minimum absolute atomic E-state index is 0.240. The summed E-state index contributed by atoms with van der Waals surface area (Å²) in [6.07, 6.45) is 6.48. The van der Waals surface area contributed by atoms with Gasteiger partial charge in [0.1, 0.15) is 10.8 Å². The van der Waals surface area contributed by atoms with Crippen molar-refractivity contribution in [2.45, 2.75) is 18.5 Å². The van der Waals surface area contributed by atoms with E-state index in [0.29, 0.717) is 12.1 Å². The van der Waals surface area contributed by atoms with Crippen LogP contribution in [0.25, 0.3) is 5.65 Å². The molecule has 6 rings (SSSR count). The van der Waals surface area contributed by atoms with Crippen molar-refractivity contribution in [3.05, 3.63) is 46.1 Å². The monoisotopic (exact) mass is 357 g/mol. The van der Waals surface area contributed by atoms with Gasteiger partial charge in [0.05, 0.1) is 30.2 Å². The maximum atomic E-state index is 12.0. The number of piperidine rings is 1. The lowest BCUT2D eigenvalue weighted by atomic mass is 9.87. The number of anilines is 2. The van der Waals surface area contributed by atoms with Gasteiger partial charge >= 0.3 is 0 Å². The molecule has 3 aliphatic rings. The molecule has 9 heteroatoms. The highest BCUT2D eigenvalue weighted by atomic mass is 35.5. The molecule has 0 N–H and O–H groups in total. The number of aryl methyl sites for hydroxylation is 1. The Morgan fingerprint density at radius 2 is 2.00 bits per heavy atom. The molecule has 3 aromatic rings. The van der Waals surface area contributed by atoms with Gasteiger partial charge in [-0.3, -0.25) is 4.79 Å². The molecule has 0 aliphatic carbocycles. The van der Waals surface area contributed by atoms with E-state index in [1.165, 1.54) is 4.68 Å². The molecular formula is C16H16ClN7O. The van der Waals surface area contributed by atoms with Crippen molar-refractivity contribution in [1.82, 2.24) is 24.4 Å². The fourth-order valence-electron chi connectivity index (χ4n) is 3.85. The third-order valence-corrected chi connectivity index (χ3v) is 5.46. The zero-order valence-electron chi connectivity index (χ0n) is 13.6. The molecular weight excluding hydrogens is 342 g/mol. The second-order valence-corrected chi connectivity index (χ2v) is 6.93. The van der Waals surface area contributed by atoms with E-state index in [2.05, 4.69) is 20.0 Å². The Bertz CT molecular complexity index is 1020. The highest BCUT2D eigenvalue weighted by Crippen LogP contribution is 2.38. The lowest BCUT2D eigenvalue weighted by molar-refractivity contribution is 0.289. The maximum absolute atomic E-state index is 12.0. The Balaban J connectivity index is 1.42. The highest BCUT2D eigenvalue weighted by Gasteiger charge is 2.45. The van der Waals surface area contributed by atoms with E-state index in [1.807, 2.05) is 18.3 Å². The number of hydrogen-bond acceptors (Lipinski definition) is 6. The SMILES string of the molecule is Cn1ncc(N2CC3CC(C2)N3c2ccn3nccc3n2)c(Cl)c1=O. The lowest BCUT2D eigenvalue weighted by Gasteiger charge is -2.57. The summed E-state index contributed by atoms with van der Waals surface area (Å²) in [6, 6.07) is 4.62. The van der Waals surface area contributed by atoms with Gasteiger partial charge in [-0.25, -0.2) is 14.2 Å². The Hall–Kier alpha value is -2.61. The van der Waals surface area contributed by atoms with Gasteiger partial charge < -0.3 is 9.80 Å². The lowest BCUT2D eigenvalue weighted by Crippen LogP contribution is -2.69. The number of fused-ring (bicyclic) bond motifs is 3. The van der Waals surface area contributed by atoms with Gasteiger partial charge in [-0.15, -0.1) is 0 Å². The van der Waals surface area contributed by atoms with Gasteiger partial charge in [0.25, 0.3) is 5.56 Å². The second kappa shape index (κ2) is 5.19. The van der Waals surface area contributed by atoms with E-state index in [4.69, 9.17) is 16.6 Å². The molecule has 0 aromatic carbocycles. The third kappa shape index (κ3) is 2.13. The molecule has 0 amide bonds. The number of piperazine rings is 1. The predicted octanol–water partition coefficient (Wildman–Crippen LogP) is 0.944. The van der Waals surface area contributed by atoms with Gasteiger partial charge in [-0.05, 0) is 12.5 Å². The van der Waals surface area contributed by atoms with Crippen LogP contribution in [0.3, 0.4) is 0 Å². The van der Waals surface area contributed by atoms with Crippen LogP contribution >= 0.6 is 11.6 Å². The number of halogens is 1. The summed E-state index contributed by atoms with van der Waals surface area (Å²) in [5.74, 6) is 0.974. The van der Waals surface area contributed by atoms with Crippen LogP contribution in [0.5, 0.6) is 0 Å². The second-order valence-electron chi connectivity index (χ2n) is 6.55. The fourth-order valence-corrected chi connectivity index (χ4v) is 4.14. The summed E-state index contributed by atoms with van der Waals surface area (Å²) < 4.78 is 3.02. The maximum Gasteiger partial charge on any atom is 0.287 e. The van der Waals surface area contributed by atoms with Crippen LogP contribution in [0.2, 0.25) is 5.02 Å². The molecule has 6 heterocycles. The first-order valence-corrected chi connectivity index (χ1v) is 8.55. The van der Waals surface area contributed by atoms with Gasteiger partial charge in [0, 0.05) is 32.4 Å². The summed E-state index contributed by atoms with van der Waals surface area (Å²) in [7, 11) is 1.60. The van der Waals surface area contributed by atoms with Gasteiger partial charge in [-0.1, -0.05) is 11.6 Å². The minimum Gasteiger partial charge on any atom is -0.365 e. The Morgan fingerprint density at radius 3 is 2.80 bits per heavy atom. The van der Waals surface area contributed by atoms with Crippen LogP contribution in [0.15, 0.2) is 35.5 Å². The predicted molar refractivity (Wildman–Crippen MR) is 94.4 cm³/mol. The smallest absolute Gasteiger partial charge is 0.287 e. The summed E-state index contributed by atoms with van der Waals surface area (Å²) in [5.41, 5.74) is 1.31. The van der Waals surface area contributed by atoms with Crippen molar-refractivity contribution in [3.63, 3.8) is 0 Å². The molecule has 3 saturated heterocycles. The molecule has 2 bridgehead atoms. The number of hydrogen-bond donors (Lipinski definition) is 0. The Morgan fingerprint density at radius 1 is 1.20 bits per heavy atom. The normalized spacial score (nSPS) is 22.3. The standard InChI is InChI=1S/C16H16ClN7O/c1-21-16(25)15(17)12(7-19-21)22-8-10-6-11(9-22)24(10)14-3-5-23-13(20-14)2-4-18-23/h2-5,7,10-11H,6,8-9H2,1H3. The molecule has 25 heavy (non-hydrogen) atoms. The van der Waals surface area contributed by atoms with E-state index in [-0.39, 0.29) is 10.6 Å². The van der Waals surface area contributed by atoms with Crippen LogP contribution in [-0.4, -0.2) is 49.6 Å². The number of aromatic nitrogens is 5. The van der Waals surface area contributed by atoms with E-state index in [0.717, 1.165) is 36.7 Å². The summed E-state index contributed by atoms with van der Waals surface area (Å²) in [6.45, 7) is 1.61. The van der Waals surface area contributed by atoms with E-state index in [1.54, 1.807) is 24.0 Å². The summed E-state index contributed by atoms with van der Waals surface area (Å²) in [4.78, 5) is 21.2. The van der Waals surface area contributed by atoms with E-state index < -0.39 is 0 Å². The average Bonchev–Trinajstić information content (AvgIpc) is 3.07. The van der Waals surface area contributed by atoms with Crippen LogP contribution < -0.4 is 15.4 Å². The first-order valence-electron chi connectivity index (χ1n) is 8.17. The largest absolute Gasteiger partial charge is 0.365 e. The first-order chi connectivity index (χ1) is 12.1. The van der Waals surface area contributed by atoms with Crippen molar-refractivity contribution >= 4 is 28.8 Å². The number of rotatable bonds is 2. The van der Waals surface area contributed by atoms with E-state index >= 15 is 0 Å². The van der Waals surface area contributed by atoms with Crippen LogP contribution in [-0.2, 0) is 7.05 Å². The molecule has 0 radical (unpaired) electrons. The van der Waals surface area contributed by atoms with Crippen LogP contribution in [0.4, 0.5) is 11.5 Å². The Kier molecular flexibility index (Phi) is 3.05. The van der Waals surface area contributed by atoms with Crippen molar-refractivity contribution in [2.24, 2.45) is 7.05 Å². The molecule has 3 aliphatic heterocycles. The molecule has 8 nitrogen and oxygen atoms in total. The zero-order valence-corrected chi connectivity index (χ0v) is 14.3. The van der Waals surface area contributed by atoms with Crippen LogP contribution in [0, 0.1) is 0 Å². The topological polar surface area (TPSA) is 71.6 Å². The minimum atomic E-state index is -0.261. The fraction of sp³-hybridized carbons (Fsp3) is 0.375. The van der Waals surface area contributed by atoms with Crippen molar-refractivity contribution in [2.75, 3.05) is 22.9 Å². The molecule has 128 valence electrons.